The van der Waals surface area contributed by atoms with Crippen molar-refractivity contribution in [3.8, 4) is 0 Å². The molecule has 2 amide bonds. The SMILES string of the molecule is CN1CCN(C(=O)N2CCCC[C@H](c3ccc(Cl)cc3)C2)CC1. The number of likely N-dealkylation sites (N-methyl/N-ethyl adjacent to an activating group) is 1. The first-order valence-corrected chi connectivity index (χ1v) is 8.99. The number of piperazine rings is 1. The van der Waals surface area contributed by atoms with E-state index >= 15 is 0 Å². The fourth-order valence-electron chi connectivity index (χ4n) is 3.52. The molecule has 0 spiro atoms. The summed E-state index contributed by atoms with van der Waals surface area (Å²) in [6.45, 7) is 5.34. The van der Waals surface area contributed by atoms with E-state index in [4.69, 9.17) is 11.6 Å². The molecule has 1 aromatic carbocycles. The van der Waals surface area contributed by atoms with Crippen LogP contribution in [-0.2, 0) is 0 Å². The van der Waals surface area contributed by atoms with Crippen molar-refractivity contribution < 1.29 is 4.79 Å². The van der Waals surface area contributed by atoms with Crippen LogP contribution in [0.5, 0.6) is 0 Å². The Hall–Kier alpha value is -1.26. The van der Waals surface area contributed by atoms with Crippen LogP contribution in [0.25, 0.3) is 0 Å². The van der Waals surface area contributed by atoms with Gasteiger partial charge in [0.2, 0.25) is 0 Å². The Labute approximate surface area is 144 Å². The quantitative estimate of drug-likeness (QED) is 0.787. The summed E-state index contributed by atoms with van der Waals surface area (Å²) in [7, 11) is 2.12. The maximum atomic E-state index is 12.9. The van der Waals surface area contributed by atoms with Gasteiger partial charge < -0.3 is 14.7 Å². The van der Waals surface area contributed by atoms with Gasteiger partial charge in [-0.25, -0.2) is 4.79 Å². The molecule has 3 rings (SSSR count). The van der Waals surface area contributed by atoms with Crippen LogP contribution in [0.3, 0.4) is 0 Å². The van der Waals surface area contributed by atoms with Crippen molar-refractivity contribution in [1.29, 1.82) is 0 Å². The predicted octanol–water partition coefficient (Wildman–Crippen LogP) is 3.28. The maximum absolute atomic E-state index is 12.9. The summed E-state index contributed by atoms with van der Waals surface area (Å²) < 4.78 is 0. The van der Waals surface area contributed by atoms with Crippen LogP contribution in [0, 0.1) is 0 Å². The molecule has 2 aliphatic heterocycles. The standard InChI is InChI=1S/C18H26ClN3O/c1-20-10-12-21(13-11-20)18(23)22-9-3-2-4-16(14-22)15-5-7-17(19)8-6-15/h5-8,16H,2-4,9-14H2,1H3/t16-/m0/s1. The summed E-state index contributed by atoms with van der Waals surface area (Å²) in [5, 5.41) is 0.771. The number of urea groups is 1. The molecule has 4 nitrogen and oxygen atoms in total. The van der Waals surface area contributed by atoms with Gasteiger partial charge in [0.05, 0.1) is 0 Å². The second-order valence-electron chi connectivity index (χ2n) is 6.76. The van der Waals surface area contributed by atoms with E-state index in [1.807, 2.05) is 17.0 Å². The molecule has 2 aliphatic rings. The van der Waals surface area contributed by atoms with Crippen LogP contribution >= 0.6 is 11.6 Å². The third-order valence-electron chi connectivity index (χ3n) is 5.06. The van der Waals surface area contributed by atoms with E-state index in [1.165, 1.54) is 12.0 Å². The summed E-state index contributed by atoms with van der Waals surface area (Å²) in [5.74, 6) is 0.422. The average Bonchev–Trinajstić information content (AvgIpc) is 2.82. The number of amides is 2. The van der Waals surface area contributed by atoms with E-state index in [-0.39, 0.29) is 6.03 Å². The number of benzene rings is 1. The van der Waals surface area contributed by atoms with Gasteiger partial charge in [0.1, 0.15) is 0 Å². The zero-order chi connectivity index (χ0) is 16.2. The lowest BCUT2D eigenvalue weighted by atomic mass is 9.94. The molecule has 2 saturated heterocycles. The van der Waals surface area contributed by atoms with Gasteiger partial charge in [-0.15, -0.1) is 0 Å². The van der Waals surface area contributed by atoms with E-state index in [1.54, 1.807) is 0 Å². The van der Waals surface area contributed by atoms with Crippen LogP contribution in [0.4, 0.5) is 4.79 Å². The molecule has 1 atom stereocenters. The number of likely N-dealkylation sites (tertiary alicyclic amines) is 1. The van der Waals surface area contributed by atoms with Gasteiger partial charge in [0.25, 0.3) is 0 Å². The van der Waals surface area contributed by atoms with E-state index in [0.29, 0.717) is 5.92 Å². The fraction of sp³-hybridized carbons (Fsp3) is 0.611. The van der Waals surface area contributed by atoms with Crippen LogP contribution in [0.2, 0.25) is 5.02 Å². The Bertz CT molecular complexity index is 526. The van der Waals surface area contributed by atoms with Crippen molar-refractivity contribution in [2.24, 2.45) is 0 Å². The zero-order valence-corrected chi connectivity index (χ0v) is 14.6. The van der Waals surface area contributed by atoms with Gasteiger partial charge >= 0.3 is 6.03 Å². The van der Waals surface area contributed by atoms with E-state index in [2.05, 4.69) is 29.0 Å². The van der Waals surface area contributed by atoms with Crippen LogP contribution < -0.4 is 0 Å². The number of halogens is 1. The molecule has 0 saturated carbocycles. The number of hydrogen-bond acceptors (Lipinski definition) is 2. The summed E-state index contributed by atoms with van der Waals surface area (Å²) in [5.41, 5.74) is 1.30. The molecule has 1 aromatic rings. The van der Waals surface area contributed by atoms with Gasteiger partial charge in [-0.1, -0.05) is 30.2 Å². The molecule has 0 aliphatic carbocycles. The summed E-state index contributed by atoms with van der Waals surface area (Å²) in [6.07, 6.45) is 3.43. The largest absolute Gasteiger partial charge is 0.324 e. The van der Waals surface area contributed by atoms with Gasteiger partial charge in [0.15, 0.2) is 0 Å². The maximum Gasteiger partial charge on any atom is 0.320 e. The molecule has 2 heterocycles. The van der Waals surface area contributed by atoms with E-state index < -0.39 is 0 Å². The first-order chi connectivity index (χ1) is 11.1. The van der Waals surface area contributed by atoms with Gasteiger partial charge in [-0.2, -0.15) is 0 Å². The highest BCUT2D eigenvalue weighted by atomic mass is 35.5. The number of nitrogens with zero attached hydrogens (tertiary/aromatic N) is 3. The van der Waals surface area contributed by atoms with Gasteiger partial charge in [-0.05, 0) is 37.6 Å². The topological polar surface area (TPSA) is 26.8 Å². The highest BCUT2D eigenvalue weighted by molar-refractivity contribution is 6.30. The fourth-order valence-corrected chi connectivity index (χ4v) is 3.65. The average molecular weight is 336 g/mol. The molecule has 0 bridgehead atoms. The molecule has 0 unspecified atom stereocenters. The van der Waals surface area contributed by atoms with Crippen molar-refractivity contribution in [1.82, 2.24) is 14.7 Å². The Morgan fingerprint density at radius 3 is 2.39 bits per heavy atom. The second kappa shape index (κ2) is 7.54. The monoisotopic (exact) mass is 335 g/mol. The first-order valence-electron chi connectivity index (χ1n) is 8.61. The summed E-state index contributed by atoms with van der Waals surface area (Å²) in [4.78, 5) is 19.2. The van der Waals surface area contributed by atoms with E-state index in [9.17, 15) is 4.79 Å². The summed E-state index contributed by atoms with van der Waals surface area (Å²) in [6, 6.07) is 8.34. The van der Waals surface area contributed by atoms with Crippen molar-refractivity contribution >= 4 is 17.6 Å². The van der Waals surface area contributed by atoms with Crippen molar-refractivity contribution in [2.45, 2.75) is 25.2 Å². The molecule has 0 N–H and O–H groups in total. The van der Waals surface area contributed by atoms with Crippen molar-refractivity contribution in [3.63, 3.8) is 0 Å². The number of rotatable bonds is 1. The number of hydrogen-bond donors (Lipinski definition) is 0. The van der Waals surface area contributed by atoms with E-state index in [0.717, 1.165) is 57.1 Å². The van der Waals surface area contributed by atoms with Crippen LogP contribution in [0.15, 0.2) is 24.3 Å². The Kier molecular flexibility index (Phi) is 5.44. The molecule has 0 aromatic heterocycles. The lowest BCUT2D eigenvalue weighted by Gasteiger charge is -2.36. The van der Waals surface area contributed by atoms with Gasteiger partial charge in [0, 0.05) is 50.2 Å². The zero-order valence-electron chi connectivity index (χ0n) is 13.9. The highest BCUT2D eigenvalue weighted by Gasteiger charge is 2.28. The van der Waals surface area contributed by atoms with Crippen LogP contribution in [-0.4, -0.2) is 67.0 Å². The molecule has 2 fully saturated rings. The minimum absolute atomic E-state index is 0.221. The first kappa shape index (κ1) is 16.6. The molecule has 5 heteroatoms. The Morgan fingerprint density at radius 2 is 1.70 bits per heavy atom. The Morgan fingerprint density at radius 1 is 1.00 bits per heavy atom. The second-order valence-corrected chi connectivity index (χ2v) is 7.20. The third kappa shape index (κ3) is 4.18. The molecule has 23 heavy (non-hydrogen) atoms. The molecular formula is C18H26ClN3O. The van der Waals surface area contributed by atoms with Crippen LogP contribution in [0.1, 0.15) is 30.7 Å². The van der Waals surface area contributed by atoms with Crippen molar-refractivity contribution in [2.75, 3.05) is 46.3 Å². The Balaban J connectivity index is 1.67. The minimum atomic E-state index is 0.221. The summed E-state index contributed by atoms with van der Waals surface area (Å²) >= 11 is 6.00. The lowest BCUT2D eigenvalue weighted by molar-refractivity contribution is 0.122. The minimum Gasteiger partial charge on any atom is -0.324 e. The normalized spacial score (nSPS) is 23.7. The lowest BCUT2D eigenvalue weighted by Crippen LogP contribution is -2.52. The number of carbonyl (C=O) groups is 1. The molecule has 0 radical (unpaired) electrons. The number of carbonyl (C=O) groups excluding carboxylic acids is 1. The molecular weight excluding hydrogens is 310 g/mol. The molecule has 126 valence electrons. The third-order valence-corrected chi connectivity index (χ3v) is 5.31. The predicted molar refractivity (Wildman–Crippen MR) is 94.1 cm³/mol. The smallest absolute Gasteiger partial charge is 0.320 e. The van der Waals surface area contributed by atoms with Gasteiger partial charge in [-0.3, -0.25) is 0 Å². The highest BCUT2D eigenvalue weighted by Crippen LogP contribution is 2.28. The van der Waals surface area contributed by atoms with Crippen molar-refractivity contribution in [3.05, 3.63) is 34.9 Å².